The highest BCUT2D eigenvalue weighted by atomic mass is 35.5. The zero-order valence-corrected chi connectivity index (χ0v) is 20.4. The molecule has 0 N–H and O–H groups in total. The Labute approximate surface area is 222 Å². The summed E-state index contributed by atoms with van der Waals surface area (Å²) in [5, 5.41) is -0.500. The highest BCUT2D eigenvalue weighted by Gasteiger charge is 2.33. The molecule has 0 amide bonds. The SMILES string of the molecule is O=C(c1ccc2ncc(-c3cccnc3)nc2c1)c1c(F)ccc(OCc2ccc(Cl)c(C(F)(F)F)c2)c1F. The second kappa shape index (κ2) is 10.4. The highest BCUT2D eigenvalue weighted by Crippen LogP contribution is 2.35. The number of benzene rings is 3. The van der Waals surface area contributed by atoms with Crippen molar-refractivity contribution in [2.75, 3.05) is 0 Å². The molecule has 0 radical (unpaired) electrons. The van der Waals surface area contributed by atoms with E-state index in [0.717, 1.165) is 24.3 Å². The van der Waals surface area contributed by atoms with Crippen molar-refractivity contribution in [3.63, 3.8) is 0 Å². The zero-order valence-electron chi connectivity index (χ0n) is 19.6. The van der Waals surface area contributed by atoms with Gasteiger partial charge in [0.2, 0.25) is 0 Å². The Bertz CT molecular complexity index is 1710. The molecule has 0 spiro atoms. The predicted molar refractivity (Wildman–Crippen MR) is 133 cm³/mol. The summed E-state index contributed by atoms with van der Waals surface area (Å²) in [5.41, 5.74) is -0.0138. The minimum Gasteiger partial charge on any atom is -0.486 e. The minimum absolute atomic E-state index is 0.0425. The van der Waals surface area contributed by atoms with Crippen LogP contribution in [0.15, 0.2) is 79.3 Å². The van der Waals surface area contributed by atoms with Crippen LogP contribution in [0.25, 0.3) is 22.3 Å². The van der Waals surface area contributed by atoms with Gasteiger partial charge in [0.1, 0.15) is 12.4 Å². The maximum atomic E-state index is 15.3. The van der Waals surface area contributed by atoms with Crippen LogP contribution in [0.2, 0.25) is 5.02 Å². The monoisotopic (exact) mass is 555 g/mol. The molecule has 0 aliphatic carbocycles. The van der Waals surface area contributed by atoms with E-state index in [1.165, 1.54) is 24.3 Å². The number of pyridine rings is 1. The molecule has 2 heterocycles. The number of hydrogen-bond donors (Lipinski definition) is 0. The van der Waals surface area contributed by atoms with Crippen LogP contribution in [0.4, 0.5) is 22.0 Å². The fourth-order valence-corrected chi connectivity index (χ4v) is 4.07. The second-order valence-electron chi connectivity index (χ2n) is 8.36. The first-order valence-corrected chi connectivity index (χ1v) is 11.7. The average Bonchev–Trinajstić information content (AvgIpc) is 2.92. The van der Waals surface area contributed by atoms with Crippen LogP contribution in [0.5, 0.6) is 5.75 Å². The third-order valence-electron chi connectivity index (χ3n) is 5.77. The lowest BCUT2D eigenvalue weighted by Gasteiger charge is -2.13. The summed E-state index contributed by atoms with van der Waals surface area (Å²) in [6.07, 6.45) is 0.0378. The van der Waals surface area contributed by atoms with Crippen molar-refractivity contribution in [3.8, 4) is 17.0 Å². The molecular formula is C28H15ClF5N3O2. The first-order valence-electron chi connectivity index (χ1n) is 11.3. The van der Waals surface area contributed by atoms with Crippen molar-refractivity contribution >= 4 is 28.4 Å². The lowest BCUT2D eigenvalue weighted by Crippen LogP contribution is -2.10. The van der Waals surface area contributed by atoms with Gasteiger partial charge in [-0.25, -0.2) is 13.8 Å². The minimum atomic E-state index is -4.70. The number of carbonyl (C=O) groups is 1. The number of hydrogen-bond acceptors (Lipinski definition) is 5. The molecular weight excluding hydrogens is 541 g/mol. The molecule has 196 valence electrons. The first-order chi connectivity index (χ1) is 18.6. The molecule has 39 heavy (non-hydrogen) atoms. The molecule has 0 aliphatic heterocycles. The third-order valence-corrected chi connectivity index (χ3v) is 6.10. The van der Waals surface area contributed by atoms with Gasteiger partial charge in [0.25, 0.3) is 0 Å². The molecule has 11 heteroatoms. The number of ether oxygens (including phenoxy) is 1. The summed E-state index contributed by atoms with van der Waals surface area (Å²) in [4.78, 5) is 26.0. The van der Waals surface area contributed by atoms with E-state index in [4.69, 9.17) is 16.3 Å². The molecule has 0 saturated heterocycles. The molecule has 0 saturated carbocycles. The highest BCUT2D eigenvalue weighted by molar-refractivity contribution is 6.31. The molecule has 0 aliphatic rings. The van der Waals surface area contributed by atoms with Crippen LogP contribution in [0.3, 0.4) is 0 Å². The van der Waals surface area contributed by atoms with E-state index in [9.17, 15) is 22.4 Å². The van der Waals surface area contributed by atoms with Gasteiger partial charge in [0, 0.05) is 23.5 Å². The van der Waals surface area contributed by atoms with Crippen molar-refractivity contribution in [2.24, 2.45) is 0 Å². The summed E-state index contributed by atoms with van der Waals surface area (Å²) >= 11 is 5.62. The molecule has 5 aromatic rings. The normalized spacial score (nSPS) is 11.5. The van der Waals surface area contributed by atoms with Gasteiger partial charge in [-0.2, -0.15) is 13.2 Å². The van der Waals surface area contributed by atoms with Gasteiger partial charge in [0.15, 0.2) is 17.3 Å². The van der Waals surface area contributed by atoms with Gasteiger partial charge in [-0.3, -0.25) is 14.8 Å². The van der Waals surface area contributed by atoms with E-state index < -0.39 is 52.1 Å². The van der Waals surface area contributed by atoms with Gasteiger partial charge in [-0.1, -0.05) is 17.7 Å². The van der Waals surface area contributed by atoms with Gasteiger partial charge in [0.05, 0.1) is 39.1 Å². The third kappa shape index (κ3) is 5.42. The number of halogens is 6. The molecule has 0 atom stereocenters. The Balaban J connectivity index is 1.44. The largest absolute Gasteiger partial charge is 0.486 e. The number of alkyl halides is 3. The van der Waals surface area contributed by atoms with E-state index in [-0.39, 0.29) is 11.1 Å². The van der Waals surface area contributed by atoms with Crippen LogP contribution in [0.1, 0.15) is 27.0 Å². The first kappa shape index (κ1) is 26.2. The van der Waals surface area contributed by atoms with E-state index >= 15 is 4.39 Å². The lowest BCUT2D eigenvalue weighted by molar-refractivity contribution is -0.137. The van der Waals surface area contributed by atoms with Gasteiger partial charge < -0.3 is 4.74 Å². The lowest BCUT2D eigenvalue weighted by atomic mass is 10.0. The molecule has 0 fully saturated rings. The van der Waals surface area contributed by atoms with Gasteiger partial charge in [-0.05, 0) is 60.2 Å². The maximum Gasteiger partial charge on any atom is 0.417 e. The summed E-state index contributed by atoms with van der Waals surface area (Å²) in [6, 6.07) is 12.6. The van der Waals surface area contributed by atoms with Gasteiger partial charge in [-0.15, -0.1) is 0 Å². The molecule has 5 nitrogen and oxygen atoms in total. The molecule has 2 aromatic heterocycles. The summed E-state index contributed by atoms with van der Waals surface area (Å²) in [7, 11) is 0. The van der Waals surface area contributed by atoms with E-state index in [2.05, 4.69) is 15.0 Å². The number of fused-ring (bicyclic) bond motifs is 1. The summed E-state index contributed by atoms with van der Waals surface area (Å²) in [5.74, 6) is -3.91. The van der Waals surface area contributed by atoms with Crippen molar-refractivity contribution in [1.29, 1.82) is 0 Å². The number of rotatable bonds is 6. The summed E-state index contributed by atoms with van der Waals surface area (Å²) < 4.78 is 74.7. The molecule has 0 unspecified atom stereocenters. The number of ketones is 1. The van der Waals surface area contributed by atoms with E-state index in [1.807, 2.05) is 0 Å². The Morgan fingerprint density at radius 2 is 1.77 bits per heavy atom. The fourth-order valence-electron chi connectivity index (χ4n) is 3.84. The van der Waals surface area contributed by atoms with Crippen molar-refractivity contribution in [3.05, 3.63) is 118 Å². The van der Waals surface area contributed by atoms with Crippen LogP contribution >= 0.6 is 11.6 Å². The second-order valence-corrected chi connectivity index (χ2v) is 8.77. The molecule has 0 bridgehead atoms. The van der Waals surface area contributed by atoms with Crippen molar-refractivity contribution in [1.82, 2.24) is 15.0 Å². The summed E-state index contributed by atoms with van der Waals surface area (Å²) in [6.45, 7) is -0.487. The smallest absolute Gasteiger partial charge is 0.417 e. The fraction of sp³-hybridized carbons (Fsp3) is 0.0714. The number of nitrogens with zero attached hydrogens (tertiary/aromatic N) is 3. The topological polar surface area (TPSA) is 65.0 Å². The number of carbonyl (C=O) groups excluding carboxylic acids is 1. The maximum absolute atomic E-state index is 15.3. The van der Waals surface area contributed by atoms with Crippen LogP contribution < -0.4 is 4.74 Å². The standard InChI is InChI=1S/C28H15ClF5N3O2/c29-19-5-3-15(10-18(19)28(32,33)34)14-39-24-8-6-20(30)25(26(24)31)27(38)16-4-7-21-22(11-16)37-23(13-36-21)17-2-1-9-35-12-17/h1-13H,14H2. The Morgan fingerprint density at radius 1 is 0.949 bits per heavy atom. The van der Waals surface area contributed by atoms with Crippen molar-refractivity contribution in [2.45, 2.75) is 12.8 Å². The number of aromatic nitrogens is 3. The van der Waals surface area contributed by atoms with E-state index in [1.54, 1.807) is 30.7 Å². The Kier molecular flexibility index (Phi) is 6.96. The van der Waals surface area contributed by atoms with Crippen LogP contribution in [-0.2, 0) is 12.8 Å². The Hall–Kier alpha value is -4.44. The Morgan fingerprint density at radius 3 is 2.51 bits per heavy atom. The molecule has 3 aromatic carbocycles. The van der Waals surface area contributed by atoms with E-state index in [0.29, 0.717) is 22.3 Å². The van der Waals surface area contributed by atoms with Crippen molar-refractivity contribution < 1.29 is 31.5 Å². The predicted octanol–water partition coefficient (Wildman–Crippen LogP) is 7.45. The zero-order chi connectivity index (χ0) is 27.7. The molecule has 5 rings (SSSR count). The average molecular weight is 556 g/mol. The van der Waals surface area contributed by atoms with Crippen LogP contribution in [-0.4, -0.2) is 20.7 Å². The quantitative estimate of drug-likeness (QED) is 0.161. The van der Waals surface area contributed by atoms with Gasteiger partial charge >= 0.3 is 6.18 Å². The van der Waals surface area contributed by atoms with Crippen LogP contribution in [0, 0.1) is 11.6 Å².